The lowest BCUT2D eigenvalue weighted by Crippen LogP contribution is -2.44. The van der Waals surface area contributed by atoms with Gasteiger partial charge in [-0.05, 0) is 24.6 Å². The molecule has 0 bridgehead atoms. The molecule has 1 aliphatic heterocycles. The number of para-hydroxylation sites is 1. The van der Waals surface area contributed by atoms with Gasteiger partial charge in [0.25, 0.3) is 5.91 Å². The third kappa shape index (κ3) is 4.92. The van der Waals surface area contributed by atoms with Gasteiger partial charge in [-0.3, -0.25) is 14.5 Å². The van der Waals surface area contributed by atoms with Crippen LogP contribution in [0.3, 0.4) is 0 Å². The number of rotatable bonds is 6. The molecule has 0 radical (unpaired) electrons. The van der Waals surface area contributed by atoms with E-state index in [9.17, 15) is 14.0 Å². The maximum absolute atomic E-state index is 14.3. The van der Waals surface area contributed by atoms with Crippen molar-refractivity contribution >= 4 is 5.91 Å². The van der Waals surface area contributed by atoms with Crippen molar-refractivity contribution in [2.45, 2.75) is 13.0 Å². The largest absolute Gasteiger partial charge is 0.379 e. The highest BCUT2D eigenvalue weighted by atomic mass is 19.1. The van der Waals surface area contributed by atoms with E-state index in [0.29, 0.717) is 25.5 Å². The van der Waals surface area contributed by atoms with E-state index < -0.39 is 17.2 Å². The molecule has 1 aromatic heterocycles. The first-order valence-corrected chi connectivity index (χ1v) is 10.5. The van der Waals surface area contributed by atoms with Crippen LogP contribution in [0.4, 0.5) is 4.39 Å². The summed E-state index contributed by atoms with van der Waals surface area (Å²) >= 11 is 0. The lowest BCUT2D eigenvalue weighted by Gasteiger charge is -2.31. The minimum atomic E-state index is -0.595. The molecule has 1 atom stereocenters. The van der Waals surface area contributed by atoms with E-state index in [1.165, 1.54) is 16.8 Å². The normalized spacial score (nSPS) is 15.3. The van der Waals surface area contributed by atoms with Gasteiger partial charge in [-0.2, -0.15) is 5.10 Å². The highest BCUT2D eigenvalue weighted by Gasteiger charge is 2.23. The molecule has 2 heterocycles. The molecule has 32 heavy (non-hydrogen) atoms. The van der Waals surface area contributed by atoms with Crippen molar-refractivity contribution in [1.29, 1.82) is 0 Å². The van der Waals surface area contributed by atoms with Gasteiger partial charge in [-0.25, -0.2) is 9.07 Å². The zero-order valence-corrected chi connectivity index (χ0v) is 17.8. The van der Waals surface area contributed by atoms with Crippen LogP contribution >= 0.6 is 0 Å². The molecular weight excluding hydrogens is 411 g/mol. The second-order valence-electron chi connectivity index (χ2n) is 7.71. The van der Waals surface area contributed by atoms with Crippen molar-refractivity contribution in [2.75, 3.05) is 32.8 Å². The molecule has 1 saturated heterocycles. The van der Waals surface area contributed by atoms with Gasteiger partial charge < -0.3 is 10.1 Å². The number of nitrogens with zero attached hydrogens (tertiary/aromatic N) is 3. The summed E-state index contributed by atoms with van der Waals surface area (Å²) in [4.78, 5) is 28.0. The Bertz CT molecular complexity index is 1140. The van der Waals surface area contributed by atoms with Crippen molar-refractivity contribution in [3.8, 4) is 5.69 Å². The lowest BCUT2D eigenvalue weighted by molar-refractivity contribution is 0.0332. The van der Waals surface area contributed by atoms with Gasteiger partial charge in [-0.15, -0.1) is 0 Å². The van der Waals surface area contributed by atoms with Gasteiger partial charge in [0, 0.05) is 31.4 Å². The van der Waals surface area contributed by atoms with Gasteiger partial charge in [0.05, 0.1) is 19.3 Å². The van der Waals surface area contributed by atoms with Crippen molar-refractivity contribution in [3.05, 3.63) is 93.7 Å². The van der Waals surface area contributed by atoms with Gasteiger partial charge in [0.15, 0.2) is 5.69 Å². The summed E-state index contributed by atoms with van der Waals surface area (Å²) in [6.07, 6.45) is 0. The summed E-state index contributed by atoms with van der Waals surface area (Å²) < 4.78 is 21.0. The minimum absolute atomic E-state index is 0.173. The third-order valence-electron chi connectivity index (χ3n) is 5.45. The molecule has 0 aliphatic carbocycles. The Morgan fingerprint density at radius 3 is 2.53 bits per heavy atom. The van der Waals surface area contributed by atoms with Crippen LogP contribution in [0, 0.1) is 12.7 Å². The maximum atomic E-state index is 14.3. The van der Waals surface area contributed by atoms with E-state index in [2.05, 4.69) is 15.3 Å². The molecule has 7 nitrogen and oxygen atoms in total. The van der Waals surface area contributed by atoms with Gasteiger partial charge in [0.2, 0.25) is 5.43 Å². The first kappa shape index (κ1) is 21.9. The summed E-state index contributed by atoms with van der Waals surface area (Å²) in [5.41, 5.74) is 0.748. The van der Waals surface area contributed by atoms with Crippen LogP contribution < -0.4 is 10.7 Å². The van der Waals surface area contributed by atoms with Crippen molar-refractivity contribution in [1.82, 2.24) is 20.0 Å². The van der Waals surface area contributed by atoms with Crippen molar-refractivity contribution < 1.29 is 13.9 Å². The fraction of sp³-hybridized carbons (Fsp3) is 0.292. The zero-order valence-electron chi connectivity index (χ0n) is 17.8. The van der Waals surface area contributed by atoms with Crippen molar-refractivity contribution in [2.24, 2.45) is 0 Å². The molecule has 166 valence electrons. The number of morpholine rings is 1. The van der Waals surface area contributed by atoms with E-state index in [0.717, 1.165) is 18.7 Å². The number of ether oxygens (including phenoxy) is 1. The number of hydrogen-bond acceptors (Lipinski definition) is 5. The minimum Gasteiger partial charge on any atom is -0.379 e. The average molecular weight is 436 g/mol. The molecular formula is C24H25FN4O3. The monoisotopic (exact) mass is 436 g/mol. The number of aryl methyl sites for hydroxylation is 1. The van der Waals surface area contributed by atoms with Gasteiger partial charge in [0.1, 0.15) is 11.5 Å². The number of carbonyl (C=O) groups excluding carboxylic acids is 1. The molecule has 1 amide bonds. The van der Waals surface area contributed by atoms with E-state index in [-0.39, 0.29) is 17.4 Å². The standard InChI is InChI=1S/C24H25FN4O3/c1-17-15-22(30)23(27-29(17)21-10-6-5-9-19(21)25)24(31)26-20(18-7-3-2-4-8-18)16-28-11-13-32-14-12-28/h2-10,15,20H,11-14,16H2,1H3,(H,26,31)/t20-/m1/s1. The van der Waals surface area contributed by atoms with E-state index >= 15 is 0 Å². The summed E-state index contributed by atoms with van der Waals surface area (Å²) in [7, 11) is 0. The highest BCUT2D eigenvalue weighted by molar-refractivity contribution is 5.92. The number of amides is 1. The first-order chi connectivity index (χ1) is 15.5. The van der Waals surface area contributed by atoms with Crippen LogP contribution in [0.25, 0.3) is 5.69 Å². The molecule has 2 aromatic carbocycles. The predicted octanol–water partition coefficient (Wildman–Crippen LogP) is 2.48. The molecule has 8 heteroatoms. The molecule has 1 aliphatic rings. The second kappa shape index (κ2) is 9.84. The number of benzene rings is 2. The molecule has 0 saturated carbocycles. The fourth-order valence-corrected chi connectivity index (χ4v) is 3.76. The quantitative estimate of drug-likeness (QED) is 0.643. The summed E-state index contributed by atoms with van der Waals surface area (Å²) in [5.74, 6) is -1.09. The Balaban J connectivity index is 1.64. The topological polar surface area (TPSA) is 76.5 Å². The molecule has 1 fully saturated rings. The molecule has 0 spiro atoms. The van der Waals surface area contributed by atoms with Crippen LogP contribution in [-0.2, 0) is 4.74 Å². The van der Waals surface area contributed by atoms with Crippen LogP contribution in [0.15, 0.2) is 65.5 Å². The first-order valence-electron chi connectivity index (χ1n) is 10.5. The number of aromatic nitrogens is 2. The summed E-state index contributed by atoms with van der Waals surface area (Å²) in [6, 6.07) is 16.6. The Morgan fingerprint density at radius 2 is 1.81 bits per heavy atom. The number of carbonyl (C=O) groups is 1. The van der Waals surface area contributed by atoms with Crippen LogP contribution in [-0.4, -0.2) is 53.4 Å². The van der Waals surface area contributed by atoms with Crippen LogP contribution in [0.5, 0.6) is 0 Å². The van der Waals surface area contributed by atoms with E-state index in [1.54, 1.807) is 25.1 Å². The predicted molar refractivity (Wildman–Crippen MR) is 118 cm³/mol. The van der Waals surface area contributed by atoms with Crippen LogP contribution in [0.2, 0.25) is 0 Å². The third-order valence-corrected chi connectivity index (χ3v) is 5.45. The second-order valence-corrected chi connectivity index (χ2v) is 7.71. The smallest absolute Gasteiger partial charge is 0.276 e. The summed E-state index contributed by atoms with van der Waals surface area (Å²) in [5, 5.41) is 7.17. The molecule has 3 aromatic rings. The highest BCUT2D eigenvalue weighted by Crippen LogP contribution is 2.17. The Labute approximate surface area is 185 Å². The summed E-state index contributed by atoms with van der Waals surface area (Å²) in [6.45, 7) is 5.04. The average Bonchev–Trinajstić information content (AvgIpc) is 2.80. The number of halogens is 1. The SMILES string of the molecule is Cc1cc(=O)c(C(=O)N[C@H](CN2CCOCC2)c2ccccc2)nn1-c1ccccc1F. The number of nitrogens with one attached hydrogen (secondary N) is 1. The molecule has 0 unspecified atom stereocenters. The number of hydrogen-bond donors (Lipinski definition) is 1. The van der Waals surface area contributed by atoms with E-state index in [1.807, 2.05) is 30.3 Å². The zero-order chi connectivity index (χ0) is 22.5. The maximum Gasteiger partial charge on any atom is 0.276 e. The fourth-order valence-electron chi connectivity index (χ4n) is 3.76. The Kier molecular flexibility index (Phi) is 6.72. The van der Waals surface area contributed by atoms with Gasteiger partial charge >= 0.3 is 0 Å². The van der Waals surface area contributed by atoms with E-state index in [4.69, 9.17) is 4.74 Å². The Hall–Kier alpha value is -3.36. The lowest BCUT2D eigenvalue weighted by atomic mass is 10.1. The molecule has 1 N–H and O–H groups in total. The Morgan fingerprint density at radius 1 is 1.12 bits per heavy atom. The van der Waals surface area contributed by atoms with Crippen LogP contribution in [0.1, 0.15) is 27.8 Å². The van der Waals surface area contributed by atoms with Crippen molar-refractivity contribution in [3.63, 3.8) is 0 Å². The van der Waals surface area contributed by atoms with Gasteiger partial charge in [-0.1, -0.05) is 42.5 Å². The molecule has 4 rings (SSSR count).